The normalized spacial score (nSPS) is 12.5. The van der Waals surface area contributed by atoms with Gasteiger partial charge in [-0.25, -0.2) is 8.42 Å². The predicted molar refractivity (Wildman–Crippen MR) is 144 cm³/mol. The minimum absolute atomic E-state index is 0.272. The summed E-state index contributed by atoms with van der Waals surface area (Å²) in [5, 5.41) is 0. The summed E-state index contributed by atoms with van der Waals surface area (Å²) in [6.07, 6.45) is 0. The molecule has 0 aliphatic heterocycles. The Morgan fingerprint density at radius 1 is 0.514 bits per heavy atom. The molecule has 35 heavy (non-hydrogen) atoms. The molecule has 0 aromatic heterocycles. The van der Waals surface area contributed by atoms with E-state index < -0.39 is 15.3 Å². The predicted octanol–water partition coefficient (Wildman–Crippen LogP) is 6.34. The third kappa shape index (κ3) is 4.69. The molecule has 0 bridgehead atoms. The van der Waals surface area contributed by atoms with Gasteiger partial charge in [0.05, 0.1) is 9.79 Å². The molecule has 0 saturated heterocycles. The van der Waals surface area contributed by atoms with Gasteiger partial charge in [-0.05, 0) is 70.8 Å². The third-order valence-corrected chi connectivity index (χ3v) is 8.76. The first-order valence-corrected chi connectivity index (χ1v) is 13.1. The monoisotopic (exact) mass is 484 g/mol. The molecular weight excluding hydrogens is 452 g/mol. The van der Waals surface area contributed by atoms with Crippen molar-refractivity contribution in [1.29, 1.82) is 0 Å². The largest absolute Gasteiger partial charge is 0.399 e. The van der Waals surface area contributed by atoms with Crippen molar-refractivity contribution in [2.24, 2.45) is 0 Å². The molecule has 0 aliphatic carbocycles. The van der Waals surface area contributed by atoms with Gasteiger partial charge in [-0.3, -0.25) is 0 Å². The molecule has 4 aromatic rings. The topological polar surface area (TPSA) is 86.2 Å². The highest BCUT2D eigenvalue weighted by molar-refractivity contribution is 7.91. The average Bonchev–Trinajstić information content (AvgIpc) is 2.84. The first kappa shape index (κ1) is 24.6. The highest BCUT2D eigenvalue weighted by Gasteiger charge is 2.27. The minimum Gasteiger partial charge on any atom is -0.399 e. The number of benzene rings is 4. The standard InChI is InChI=1S/C30H32N2O2S/c1-29(2,21-11-15-25(31)16-12-21)22-13-17-27(18-14-22)35(33,34)28-10-6-8-24(20-28)30(3,4)23-7-5-9-26(32)19-23/h5-20H,31-32H2,1-4H3. The van der Waals surface area contributed by atoms with Crippen LogP contribution in [0.1, 0.15) is 49.9 Å². The third-order valence-electron chi connectivity index (χ3n) is 6.99. The van der Waals surface area contributed by atoms with Crippen molar-refractivity contribution >= 4 is 21.2 Å². The number of rotatable bonds is 6. The summed E-state index contributed by atoms with van der Waals surface area (Å²) in [5.41, 5.74) is 16.6. The van der Waals surface area contributed by atoms with Crippen molar-refractivity contribution in [3.63, 3.8) is 0 Å². The zero-order valence-electron chi connectivity index (χ0n) is 20.6. The Morgan fingerprint density at radius 2 is 1.00 bits per heavy atom. The van der Waals surface area contributed by atoms with Crippen LogP contribution >= 0.6 is 0 Å². The second-order valence-corrected chi connectivity index (χ2v) is 12.0. The molecule has 0 radical (unpaired) electrons. The molecule has 4 N–H and O–H groups in total. The van der Waals surface area contributed by atoms with E-state index in [2.05, 4.69) is 27.7 Å². The number of nitrogens with two attached hydrogens (primary N) is 2. The van der Waals surface area contributed by atoms with Gasteiger partial charge in [-0.1, -0.05) is 76.2 Å². The molecule has 0 aliphatic rings. The molecule has 0 unspecified atom stereocenters. The molecule has 5 heteroatoms. The maximum Gasteiger partial charge on any atom is 0.206 e. The lowest BCUT2D eigenvalue weighted by Gasteiger charge is -2.27. The van der Waals surface area contributed by atoms with Gasteiger partial charge in [0, 0.05) is 22.2 Å². The van der Waals surface area contributed by atoms with E-state index >= 15 is 0 Å². The van der Waals surface area contributed by atoms with Gasteiger partial charge in [0.2, 0.25) is 9.84 Å². The van der Waals surface area contributed by atoms with Crippen LogP contribution < -0.4 is 11.5 Å². The van der Waals surface area contributed by atoms with Crippen LogP contribution in [0.5, 0.6) is 0 Å². The molecule has 0 fully saturated rings. The first-order valence-electron chi connectivity index (χ1n) is 11.6. The van der Waals surface area contributed by atoms with E-state index in [1.54, 1.807) is 30.3 Å². The Morgan fingerprint density at radius 3 is 1.57 bits per heavy atom. The summed E-state index contributed by atoms with van der Waals surface area (Å²) in [6, 6.07) is 29.8. The SMILES string of the molecule is CC(C)(c1ccc(N)cc1)c1ccc(S(=O)(=O)c2cccc(C(C)(C)c3cccc(N)c3)c2)cc1. The summed E-state index contributed by atoms with van der Waals surface area (Å²) in [6.45, 7) is 8.37. The molecule has 0 spiro atoms. The first-order chi connectivity index (χ1) is 16.4. The molecule has 180 valence electrons. The van der Waals surface area contributed by atoms with Gasteiger partial charge in [-0.2, -0.15) is 0 Å². The highest BCUT2D eigenvalue weighted by Crippen LogP contribution is 2.36. The van der Waals surface area contributed by atoms with Gasteiger partial charge in [0.25, 0.3) is 0 Å². The summed E-state index contributed by atoms with van der Waals surface area (Å²) < 4.78 is 27.1. The lowest BCUT2D eigenvalue weighted by Crippen LogP contribution is -2.20. The molecule has 4 rings (SSSR count). The van der Waals surface area contributed by atoms with Crippen molar-refractivity contribution < 1.29 is 8.42 Å². The number of hydrogen-bond donors (Lipinski definition) is 2. The molecule has 0 heterocycles. The van der Waals surface area contributed by atoms with Gasteiger partial charge < -0.3 is 11.5 Å². The van der Waals surface area contributed by atoms with E-state index in [0.29, 0.717) is 11.4 Å². The van der Waals surface area contributed by atoms with E-state index in [9.17, 15) is 8.42 Å². The molecule has 4 aromatic carbocycles. The van der Waals surface area contributed by atoms with Crippen LogP contribution in [0.15, 0.2) is 107 Å². The second kappa shape index (κ2) is 8.90. The number of sulfone groups is 1. The molecular formula is C30H32N2O2S. The van der Waals surface area contributed by atoms with Crippen LogP contribution in [-0.2, 0) is 20.7 Å². The highest BCUT2D eigenvalue weighted by atomic mass is 32.2. The molecule has 0 amide bonds. The van der Waals surface area contributed by atoms with Crippen LogP contribution in [0.25, 0.3) is 0 Å². The van der Waals surface area contributed by atoms with Crippen molar-refractivity contribution in [3.8, 4) is 0 Å². The molecule has 4 nitrogen and oxygen atoms in total. The zero-order valence-corrected chi connectivity index (χ0v) is 21.4. The lowest BCUT2D eigenvalue weighted by atomic mass is 9.78. The van der Waals surface area contributed by atoms with Crippen molar-refractivity contribution in [3.05, 3.63) is 119 Å². The van der Waals surface area contributed by atoms with Gasteiger partial charge in [0.15, 0.2) is 0 Å². The number of hydrogen-bond acceptors (Lipinski definition) is 4. The van der Waals surface area contributed by atoms with Gasteiger partial charge in [-0.15, -0.1) is 0 Å². The maximum atomic E-state index is 13.5. The molecule has 0 saturated carbocycles. The Labute approximate surface area is 208 Å². The van der Waals surface area contributed by atoms with Crippen molar-refractivity contribution in [2.45, 2.75) is 48.3 Å². The van der Waals surface area contributed by atoms with Crippen LogP contribution in [0.3, 0.4) is 0 Å². The Hall–Kier alpha value is -3.57. The fraction of sp³-hybridized carbons (Fsp3) is 0.200. The Balaban J connectivity index is 1.67. The fourth-order valence-electron chi connectivity index (χ4n) is 4.40. The Bertz CT molecular complexity index is 1450. The summed E-state index contributed by atoms with van der Waals surface area (Å²) in [7, 11) is -3.69. The Kier molecular flexibility index (Phi) is 6.24. The van der Waals surface area contributed by atoms with Gasteiger partial charge >= 0.3 is 0 Å². The minimum atomic E-state index is -3.69. The van der Waals surface area contributed by atoms with Crippen molar-refractivity contribution in [2.75, 3.05) is 11.5 Å². The molecule has 0 atom stereocenters. The summed E-state index contributed by atoms with van der Waals surface area (Å²) in [5.74, 6) is 0. The van der Waals surface area contributed by atoms with Gasteiger partial charge in [0.1, 0.15) is 0 Å². The lowest BCUT2D eigenvalue weighted by molar-refractivity contribution is 0.594. The van der Waals surface area contributed by atoms with Crippen LogP contribution in [-0.4, -0.2) is 8.42 Å². The fourth-order valence-corrected chi connectivity index (χ4v) is 5.71. The average molecular weight is 485 g/mol. The van der Waals surface area contributed by atoms with Crippen LogP contribution in [0.4, 0.5) is 11.4 Å². The van der Waals surface area contributed by atoms with E-state index in [1.807, 2.05) is 66.7 Å². The van der Waals surface area contributed by atoms with Crippen LogP contribution in [0, 0.1) is 0 Å². The summed E-state index contributed by atoms with van der Waals surface area (Å²) >= 11 is 0. The number of nitrogen functional groups attached to an aromatic ring is 2. The summed E-state index contributed by atoms with van der Waals surface area (Å²) in [4.78, 5) is 0.547. The second-order valence-electron chi connectivity index (χ2n) is 10.1. The van der Waals surface area contributed by atoms with E-state index in [1.165, 1.54) is 0 Å². The quantitative estimate of drug-likeness (QED) is 0.313. The smallest absolute Gasteiger partial charge is 0.206 e. The van der Waals surface area contributed by atoms with E-state index in [4.69, 9.17) is 11.5 Å². The van der Waals surface area contributed by atoms with E-state index in [0.717, 1.165) is 22.3 Å². The van der Waals surface area contributed by atoms with Crippen LogP contribution in [0.2, 0.25) is 0 Å². The zero-order chi connectivity index (χ0) is 25.4. The number of anilines is 2. The maximum absolute atomic E-state index is 13.5. The van der Waals surface area contributed by atoms with E-state index in [-0.39, 0.29) is 15.2 Å². The van der Waals surface area contributed by atoms with Crippen molar-refractivity contribution in [1.82, 2.24) is 0 Å².